The van der Waals surface area contributed by atoms with Gasteiger partial charge < -0.3 is 20.6 Å². The zero-order chi connectivity index (χ0) is 27.1. The molecule has 1 aromatic heterocycles. The topological polar surface area (TPSA) is 112 Å². The summed E-state index contributed by atoms with van der Waals surface area (Å²) in [5.41, 5.74) is 1.34. The van der Waals surface area contributed by atoms with Gasteiger partial charge in [0.2, 0.25) is 11.8 Å². The molecule has 1 aliphatic carbocycles. The van der Waals surface area contributed by atoms with Crippen LogP contribution in [0.2, 0.25) is 0 Å². The normalized spacial score (nSPS) is 21.4. The molecule has 1 aliphatic heterocycles. The summed E-state index contributed by atoms with van der Waals surface area (Å²) in [4.78, 5) is 44.9. The molecule has 3 atom stereocenters. The fraction of sp³-hybridized carbons (Fsp3) is 0.520. The van der Waals surface area contributed by atoms with Gasteiger partial charge in [-0.1, -0.05) is 12.1 Å². The number of thiol groups is 1. The third-order valence-electron chi connectivity index (χ3n) is 6.68. The van der Waals surface area contributed by atoms with Crippen LogP contribution in [0.5, 0.6) is 0 Å². The van der Waals surface area contributed by atoms with E-state index in [1.807, 2.05) is 0 Å². The summed E-state index contributed by atoms with van der Waals surface area (Å²) in [6, 6.07) is 2.44. The van der Waals surface area contributed by atoms with Crippen molar-refractivity contribution in [1.82, 2.24) is 20.5 Å². The number of thiazole rings is 1. The van der Waals surface area contributed by atoms with Crippen molar-refractivity contribution in [2.45, 2.75) is 75.2 Å². The number of carbonyl (C=O) groups is 3. The lowest BCUT2D eigenvalue weighted by Gasteiger charge is -2.35. The summed E-state index contributed by atoms with van der Waals surface area (Å²) in [6.07, 6.45) is -0.776. The van der Waals surface area contributed by atoms with Crippen molar-refractivity contribution in [3.05, 3.63) is 40.8 Å². The SMILES string of the molecule is Cc1ncsc1-c1ccc(CNC(=O)[C@@H]2C[C@@H](O)CN2C(=O)C(NC(=O)C2(F)CC2)C(C)(C)S)cc1F. The molecule has 0 bridgehead atoms. The van der Waals surface area contributed by atoms with Crippen molar-refractivity contribution >= 4 is 41.7 Å². The molecule has 2 fully saturated rings. The van der Waals surface area contributed by atoms with Gasteiger partial charge in [0, 0.05) is 29.8 Å². The Labute approximate surface area is 223 Å². The molecule has 0 radical (unpaired) electrons. The van der Waals surface area contributed by atoms with Gasteiger partial charge in [0.1, 0.15) is 17.9 Å². The van der Waals surface area contributed by atoms with Crippen LogP contribution in [-0.2, 0) is 20.9 Å². The Morgan fingerprint density at radius 2 is 2.05 bits per heavy atom. The largest absolute Gasteiger partial charge is 0.391 e. The minimum Gasteiger partial charge on any atom is -0.391 e. The number of likely N-dealkylation sites (tertiary alicyclic amines) is 1. The number of alkyl halides is 1. The van der Waals surface area contributed by atoms with E-state index in [1.165, 1.54) is 22.3 Å². The van der Waals surface area contributed by atoms with E-state index in [-0.39, 0.29) is 32.4 Å². The first kappa shape index (κ1) is 27.5. The summed E-state index contributed by atoms with van der Waals surface area (Å²) in [5, 5.41) is 15.4. The lowest BCUT2D eigenvalue weighted by Crippen LogP contribution is -2.60. The number of hydrogen-bond acceptors (Lipinski definition) is 7. The second-order valence-corrected chi connectivity index (χ2v) is 12.2. The lowest BCUT2D eigenvalue weighted by molar-refractivity contribution is -0.143. The van der Waals surface area contributed by atoms with Gasteiger partial charge in [0.15, 0.2) is 5.67 Å². The summed E-state index contributed by atoms with van der Waals surface area (Å²) in [6.45, 7) is 4.89. The second kappa shape index (κ2) is 10.3. The number of hydrogen-bond donors (Lipinski definition) is 4. The molecule has 12 heteroatoms. The summed E-state index contributed by atoms with van der Waals surface area (Å²) in [5.74, 6) is -2.49. The second-order valence-electron chi connectivity index (χ2n) is 10.2. The Balaban J connectivity index is 1.44. The van der Waals surface area contributed by atoms with Crippen molar-refractivity contribution in [3.8, 4) is 10.4 Å². The Bertz CT molecular complexity index is 1210. The molecule has 3 N–H and O–H groups in total. The molecule has 3 amide bonds. The monoisotopic (exact) mass is 552 g/mol. The zero-order valence-corrected chi connectivity index (χ0v) is 22.5. The maximum atomic E-state index is 14.7. The van der Waals surface area contributed by atoms with Crippen LogP contribution in [0.25, 0.3) is 10.4 Å². The number of nitrogens with zero attached hydrogens (tertiary/aromatic N) is 2. The molecule has 200 valence electrons. The number of amides is 3. The molecule has 1 saturated carbocycles. The molecular formula is C25H30F2N4O4S2. The predicted octanol–water partition coefficient (Wildman–Crippen LogP) is 2.53. The molecule has 4 rings (SSSR count). The van der Waals surface area contributed by atoms with Gasteiger partial charge in [0.25, 0.3) is 5.91 Å². The zero-order valence-electron chi connectivity index (χ0n) is 20.8. The lowest BCUT2D eigenvalue weighted by atomic mass is 10.0. The number of aliphatic hydroxyl groups is 1. The molecule has 1 unspecified atom stereocenters. The van der Waals surface area contributed by atoms with Gasteiger partial charge in [-0.3, -0.25) is 14.4 Å². The summed E-state index contributed by atoms with van der Waals surface area (Å²) >= 11 is 5.76. The average Bonchev–Trinajstić information content (AvgIpc) is 3.24. The molecule has 0 spiro atoms. The van der Waals surface area contributed by atoms with Gasteiger partial charge >= 0.3 is 0 Å². The number of aliphatic hydroxyl groups excluding tert-OH is 1. The molecule has 1 saturated heterocycles. The molecule has 37 heavy (non-hydrogen) atoms. The van der Waals surface area contributed by atoms with E-state index in [0.717, 1.165) is 10.6 Å². The van der Waals surface area contributed by atoms with E-state index in [4.69, 9.17) is 0 Å². The van der Waals surface area contributed by atoms with Gasteiger partial charge in [-0.2, -0.15) is 12.6 Å². The van der Waals surface area contributed by atoms with Crippen molar-refractivity contribution in [3.63, 3.8) is 0 Å². The average molecular weight is 553 g/mol. The van der Waals surface area contributed by atoms with Crippen LogP contribution in [0.1, 0.15) is 44.4 Å². The van der Waals surface area contributed by atoms with Gasteiger partial charge in [-0.25, -0.2) is 13.8 Å². The Morgan fingerprint density at radius 3 is 2.62 bits per heavy atom. The maximum absolute atomic E-state index is 14.7. The van der Waals surface area contributed by atoms with E-state index in [1.54, 1.807) is 38.4 Å². The molecular weight excluding hydrogens is 522 g/mol. The summed E-state index contributed by atoms with van der Waals surface area (Å²) in [7, 11) is 0. The van der Waals surface area contributed by atoms with E-state index in [2.05, 4.69) is 28.2 Å². The minimum atomic E-state index is -1.98. The smallest absolute Gasteiger partial charge is 0.258 e. The van der Waals surface area contributed by atoms with Crippen molar-refractivity contribution in [2.75, 3.05) is 6.54 Å². The third kappa shape index (κ3) is 5.96. The van der Waals surface area contributed by atoms with E-state index >= 15 is 0 Å². The van der Waals surface area contributed by atoms with E-state index in [9.17, 15) is 28.3 Å². The van der Waals surface area contributed by atoms with Gasteiger partial charge in [-0.15, -0.1) is 11.3 Å². The van der Waals surface area contributed by atoms with Crippen molar-refractivity contribution in [1.29, 1.82) is 0 Å². The first-order valence-corrected chi connectivity index (χ1v) is 13.3. The first-order valence-electron chi connectivity index (χ1n) is 12.0. The van der Waals surface area contributed by atoms with E-state index < -0.39 is 52.1 Å². The highest BCUT2D eigenvalue weighted by atomic mass is 32.1. The quantitative estimate of drug-likeness (QED) is 0.376. The standard InChI is InChI=1S/C25H30F2N4O4S2/c1-13-19(37-12-29-13)16-5-4-14(8-17(16)26)10-28-21(33)18-9-15(32)11-31(18)22(34)20(24(2,3)36)30-23(35)25(27)6-7-25/h4-5,8,12,15,18,20,32,36H,6-7,9-11H2,1-3H3,(H,28,33)(H,30,35)/t15-,18+,20?/m1/s1. The number of aryl methyl sites for hydroxylation is 1. The number of nitrogens with one attached hydrogen (secondary N) is 2. The van der Waals surface area contributed by atoms with Crippen LogP contribution in [0, 0.1) is 12.7 Å². The summed E-state index contributed by atoms with van der Waals surface area (Å²) < 4.78 is 27.9. The van der Waals surface area contributed by atoms with E-state index in [0.29, 0.717) is 11.1 Å². The van der Waals surface area contributed by atoms with Crippen LogP contribution < -0.4 is 10.6 Å². The number of benzene rings is 1. The van der Waals surface area contributed by atoms with Gasteiger partial charge in [-0.05, 0) is 45.2 Å². The number of halogens is 2. The van der Waals surface area contributed by atoms with Crippen LogP contribution in [0.15, 0.2) is 23.7 Å². The maximum Gasteiger partial charge on any atom is 0.258 e. The minimum absolute atomic E-state index is 0.00373. The highest BCUT2D eigenvalue weighted by molar-refractivity contribution is 7.81. The Morgan fingerprint density at radius 1 is 1.35 bits per heavy atom. The highest BCUT2D eigenvalue weighted by Gasteiger charge is 2.53. The van der Waals surface area contributed by atoms with Crippen LogP contribution in [0.4, 0.5) is 8.78 Å². The number of carbonyl (C=O) groups excluding carboxylic acids is 3. The van der Waals surface area contributed by atoms with Crippen LogP contribution in [-0.4, -0.2) is 67.9 Å². The third-order valence-corrected chi connectivity index (χ3v) is 7.90. The Kier molecular flexibility index (Phi) is 7.64. The Hall–Kier alpha value is -2.57. The fourth-order valence-electron chi connectivity index (χ4n) is 4.33. The first-order chi connectivity index (χ1) is 17.3. The fourth-order valence-corrected chi connectivity index (χ4v) is 5.34. The molecule has 2 aromatic rings. The number of β-amino-alcohol motifs (C(OH)–C–C–N with tert-alkyl or cyclic N) is 1. The van der Waals surface area contributed by atoms with Crippen LogP contribution in [0.3, 0.4) is 0 Å². The molecule has 8 nitrogen and oxygen atoms in total. The number of rotatable bonds is 8. The molecule has 1 aromatic carbocycles. The van der Waals surface area contributed by atoms with Gasteiger partial charge in [0.05, 0.1) is 22.2 Å². The highest BCUT2D eigenvalue weighted by Crippen LogP contribution is 2.40. The van der Waals surface area contributed by atoms with Crippen molar-refractivity contribution < 1.29 is 28.3 Å². The number of aromatic nitrogens is 1. The molecule has 2 aliphatic rings. The molecule has 2 heterocycles. The predicted molar refractivity (Wildman–Crippen MR) is 138 cm³/mol. The van der Waals surface area contributed by atoms with Crippen molar-refractivity contribution in [2.24, 2.45) is 0 Å². The van der Waals surface area contributed by atoms with Crippen LogP contribution >= 0.6 is 24.0 Å².